The molecule has 7 heteroatoms. The van der Waals surface area contributed by atoms with Crippen LogP contribution in [0, 0.1) is 5.41 Å². The molecule has 1 fully saturated rings. The molecule has 1 saturated heterocycles. The number of aromatic nitrogens is 2. The van der Waals surface area contributed by atoms with E-state index in [4.69, 9.17) is 9.97 Å². The molecule has 0 spiro atoms. The molecule has 7 nitrogen and oxygen atoms in total. The van der Waals surface area contributed by atoms with Gasteiger partial charge in [-0.2, -0.15) is 0 Å². The molecule has 0 saturated carbocycles. The van der Waals surface area contributed by atoms with Gasteiger partial charge in [0.25, 0.3) is 0 Å². The molecule has 2 heterocycles. The summed E-state index contributed by atoms with van der Waals surface area (Å²) in [6.07, 6.45) is 0.753. The maximum absolute atomic E-state index is 12.1. The SMILES string of the molecule is CN(C)c1cccc(Nc2cc(-c3ccccc3)nc(C3CCCN(C(=O)O)C3C(C)(C)C)n2)c1. The Morgan fingerprint density at radius 2 is 1.80 bits per heavy atom. The molecular formula is C28H35N5O2. The number of piperidine rings is 1. The highest BCUT2D eigenvalue weighted by molar-refractivity contribution is 5.68. The second-order valence-corrected chi connectivity index (χ2v) is 10.5. The number of nitrogens with zero attached hydrogens (tertiary/aromatic N) is 4. The first kappa shape index (κ1) is 24.5. The van der Waals surface area contributed by atoms with E-state index in [9.17, 15) is 9.90 Å². The average Bonchev–Trinajstić information content (AvgIpc) is 2.83. The highest BCUT2D eigenvalue weighted by Gasteiger charge is 2.43. The normalized spacial score (nSPS) is 18.3. The molecule has 0 aliphatic carbocycles. The molecule has 184 valence electrons. The van der Waals surface area contributed by atoms with Crippen molar-refractivity contribution in [3.05, 3.63) is 66.5 Å². The number of anilines is 3. The molecule has 0 bridgehead atoms. The van der Waals surface area contributed by atoms with Crippen LogP contribution in [-0.2, 0) is 0 Å². The van der Waals surface area contributed by atoms with E-state index < -0.39 is 6.09 Å². The number of hydrogen-bond acceptors (Lipinski definition) is 5. The Hall–Kier alpha value is -3.61. The van der Waals surface area contributed by atoms with E-state index in [-0.39, 0.29) is 17.4 Å². The van der Waals surface area contributed by atoms with Gasteiger partial charge in [-0.25, -0.2) is 14.8 Å². The Morgan fingerprint density at radius 1 is 1.06 bits per heavy atom. The van der Waals surface area contributed by atoms with Gasteiger partial charge in [-0.3, -0.25) is 0 Å². The van der Waals surface area contributed by atoms with Gasteiger partial charge < -0.3 is 20.2 Å². The van der Waals surface area contributed by atoms with Crippen LogP contribution in [0.5, 0.6) is 0 Å². The summed E-state index contributed by atoms with van der Waals surface area (Å²) in [4.78, 5) is 25.7. The Kier molecular flexibility index (Phi) is 6.96. The predicted molar refractivity (Wildman–Crippen MR) is 141 cm³/mol. The van der Waals surface area contributed by atoms with E-state index in [1.54, 1.807) is 4.90 Å². The lowest BCUT2D eigenvalue weighted by molar-refractivity contribution is 0.0438. The van der Waals surface area contributed by atoms with E-state index in [1.165, 1.54) is 0 Å². The van der Waals surface area contributed by atoms with Gasteiger partial charge in [0.15, 0.2) is 0 Å². The third-order valence-electron chi connectivity index (χ3n) is 6.54. The molecule has 1 amide bonds. The van der Waals surface area contributed by atoms with Crippen LogP contribution in [0.1, 0.15) is 45.4 Å². The molecule has 2 aromatic carbocycles. The standard InChI is InChI=1S/C28H35N5O2/c1-28(2,3)25-22(15-10-16-33(25)27(34)35)26-30-23(19-11-7-6-8-12-19)18-24(31-26)29-20-13-9-14-21(17-20)32(4)5/h6-9,11-14,17-18,22,25H,10,15-16H2,1-5H3,(H,34,35)(H,29,30,31). The fourth-order valence-corrected chi connectivity index (χ4v) is 5.01. The number of hydrogen-bond donors (Lipinski definition) is 2. The summed E-state index contributed by atoms with van der Waals surface area (Å²) >= 11 is 0. The van der Waals surface area contributed by atoms with Crippen molar-refractivity contribution in [2.75, 3.05) is 30.9 Å². The first-order valence-electron chi connectivity index (χ1n) is 12.1. The second kappa shape index (κ2) is 9.94. The van der Waals surface area contributed by atoms with Crippen LogP contribution in [-0.4, -0.2) is 52.7 Å². The van der Waals surface area contributed by atoms with Crippen molar-refractivity contribution in [2.24, 2.45) is 5.41 Å². The predicted octanol–water partition coefficient (Wildman–Crippen LogP) is 6.23. The Bertz CT molecular complexity index is 1170. The topological polar surface area (TPSA) is 81.6 Å². The molecule has 1 aromatic heterocycles. The van der Waals surface area contributed by atoms with E-state index in [1.807, 2.05) is 62.6 Å². The van der Waals surface area contributed by atoms with Crippen molar-refractivity contribution in [3.8, 4) is 11.3 Å². The monoisotopic (exact) mass is 473 g/mol. The van der Waals surface area contributed by atoms with E-state index >= 15 is 0 Å². The largest absolute Gasteiger partial charge is 0.465 e. The molecule has 3 aromatic rings. The number of likely N-dealkylation sites (tertiary alicyclic amines) is 1. The number of carboxylic acid groups (broad SMARTS) is 1. The fraction of sp³-hybridized carbons (Fsp3) is 0.393. The van der Waals surface area contributed by atoms with Gasteiger partial charge in [0, 0.05) is 55.6 Å². The lowest BCUT2D eigenvalue weighted by Gasteiger charge is -2.46. The zero-order valence-corrected chi connectivity index (χ0v) is 21.2. The van der Waals surface area contributed by atoms with Crippen LogP contribution < -0.4 is 10.2 Å². The van der Waals surface area contributed by atoms with Gasteiger partial charge in [-0.05, 0) is 36.5 Å². The third-order valence-corrected chi connectivity index (χ3v) is 6.54. The highest BCUT2D eigenvalue weighted by atomic mass is 16.4. The summed E-state index contributed by atoms with van der Waals surface area (Å²) in [5.74, 6) is 1.28. The van der Waals surface area contributed by atoms with E-state index in [0.29, 0.717) is 18.2 Å². The average molecular weight is 474 g/mol. The number of nitrogens with one attached hydrogen (secondary N) is 1. The first-order valence-corrected chi connectivity index (χ1v) is 12.1. The Labute approximate surface area is 207 Å². The first-order chi connectivity index (χ1) is 16.6. The van der Waals surface area contributed by atoms with Crippen LogP contribution >= 0.6 is 0 Å². The van der Waals surface area contributed by atoms with Crippen LogP contribution in [0.25, 0.3) is 11.3 Å². The molecule has 2 N–H and O–H groups in total. The van der Waals surface area contributed by atoms with Crippen molar-refractivity contribution in [1.82, 2.24) is 14.9 Å². The molecule has 4 rings (SSSR count). The summed E-state index contributed by atoms with van der Waals surface area (Å²) in [6.45, 7) is 6.82. The number of carbonyl (C=O) groups is 1. The fourth-order valence-electron chi connectivity index (χ4n) is 5.01. The minimum absolute atomic E-state index is 0.0998. The minimum atomic E-state index is -0.882. The van der Waals surface area contributed by atoms with Gasteiger partial charge in [0.2, 0.25) is 0 Å². The van der Waals surface area contributed by atoms with Crippen LogP contribution in [0.3, 0.4) is 0 Å². The van der Waals surface area contributed by atoms with Gasteiger partial charge in [-0.15, -0.1) is 0 Å². The lowest BCUT2D eigenvalue weighted by atomic mass is 9.73. The maximum atomic E-state index is 12.1. The Morgan fingerprint density at radius 3 is 2.46 bits per heavy atom. The van der Waals surface area contributed by atoms with Crippen LogP contribution in [0.4, 0.5) is 22.0 Å². The zero-order chi connectivity index (χ0) is 25.2. The maximum Gasteiger partial charge on any atom is 0.407 e. The molecule has 1 aliphatic rings. The molecule has 0 radical (unpaired) electrons. The summed E-state index contributed by atoms with van der Waals surface area (Å²) in [7, 11) is 4.03. The number of amides is 1. The molecule has 2 unspecified atom stereocenters. The van der Waals surface area contributed by atoms with E-state index in [0.717, 1.165) is 35.5 Å². The van der Waals surface area contributed by atoms with Gasteiger partial charge in [0.1, 0.15) is 11.6 Å². The summed E-state index contributed by atoms with van der Waals surface area (Å²) in [5.41, 5.74) is 3.58. The summed E-state index contributed by atoms with van der Waals surface area (Å²) in [5, 5.41) is 13.4. The molecule has 2 atom stereocenters. The Balaban J connectivity index is 1.80. The van der Waals surface area contributed by atoms with Crippen molar-refractivity contribution in [3.63, 3.8) is 0 Å². The summed E-state index contributed by atoms with van der Waals surface area (Å²) < 4.78 is 0. The van der Waals surface area contributed by atoms with Crippen LogP contribution in [0.15, 0.2) is 60.7 Å². The number of rotatable bonds is 5. The zero-order valence-electron chi connectivity index (χ0n) is 21.2. The van der Waals surface area contributed by atoms with Crippen molar-refractivity contribution in [2.45, 2.75) is 45.6 Å². The van der Waals surface area contributed by atoms with Crippen LogP contribution in [0.2, 0.25) is 0 Å². The molecule has 35 heavy (non-hydrogen) atoms. The quantitative estimate of drug-likeness (QED) is 0.457. The third kappa shape index (κ3) is 5.56. The smallest absolute Gasteiger partial charge is 0.407 e. The van der Waals surface area contributed by atoms with Gasteiger partial charge in [0.05, 0.1) is 5.69 Å². The molecular weight excluding hydrogens is 438 g/mol. The number of benzene rings is 2. The van der Waals surface area contributed by atoms with Crippen molar-refractivity contribution < 1.29 is 9.90 Å². The van der Waals surface area contributed by atoms with Gasteiger partial charge >= 0.3 is 6.09 Å². The minimum Gasteiger partial charge on any atom is -0.465 e. The molecule has 1 aliphatic heterocycles. The highest BCUT2D eigenvalue weighted by Crippen LogP contribution is 2.41. The van der Waals surface area contributed by atoms with Crippen molar-refractivity contribution in [1.29, 1.82) is 0 Å². The lowest BCUT2D eigenvalue weighted by Crippen LogP contribution is -2.53. The second-order valence-electron chi connectivity index (χ2n) is 10.5. The van der Waals surface area contributed by atoms with E-state index in [2.05, 4.69) is 43.1 Å². The van der Waals surface area contributed by atoms with Gasteiger partial charge in [-0.1, -0.05) is 57.2 Å². The van der Waals surface area contributed by atoms with Crippen molar-refractivity contribution >= 4 is 23.3 Å². The summed E-state index contributed by atoms with van der Waals surface area (Å²) in [6, 6.07) is 20.0.